The van der Waals surface area contributed by atoms with E-state index in [0.717, 1.165) is 40.8 Å². The molecule has 1 aromatic carbocycles. The molecule has 1 fully saturated rings. The molecule has 2 aromatic heterocycles. The molecule has 2 aliphatic rings. The van der Waals surface area contributed by atoms with E-state index in [0.29, 0.717) is 18.0 Å². The second kappa shape index (κ2) is 6.62. The summed E-state index contributed by atoms with van der Waals surface area (Å²) in [6, 6.07) is 7.67. The van der Waals surface area contributed by atoms with Gasteiger partial charge in [0.05, 0.1) is 5.52 Å². The minimum atomic E-state index is -0.222. The van der Waals surface area contributed by atoms with Gasteiger partial charge in [0.15, 0.2) is 0 Å². The van der Waals surface area contributed by atoms with Crippen molar-refractivity contribution in [2.45, 2.75) is 38.5 Å². The number of pyridine rings is 1. The molecule has 3 nitrogen and oxygen atoms in total. The molecule has 0 amide bonds. The van der Waals surface area contributed by atoms with Crippen molar-refractivity contribution in [1.82, 2.24) is 9.97 Å². The van der Waals surface area contributed by atoms with Gasteiger partial charge in [0.25, 0.3) is 0 Å². The van der Waals surface area contributed by atoms with E-state index < -0.39 is 0 Å². The van der Waals surface area contributed by atoms with E-state index in [1.807, 2.05) is 18.3 Å². The van der Waals surface area contributed by atoms with E-state index in [2.05, 4.69) is 29.9 Å². The van der Waals surface area contributed by atoms with Gasteiger partial charge in [0, 0.05) is 24.3 Å². The van der Waals surface area contributed by atoms with Crippen LogP contribution in [0.3, 0.4) is 0 Å². The zero-order chi connectivity index (χ0) is 19.3. The van der Waals surface area contributed by atoms with E-state index in [-0.39, 0.29) is 5.82 Å². The monoisotopic (exact) mass is 373 g/mol. The number of nitrogens with zero attached hydrogens (tertiary/aromatic N) is 1. The topological polar surface area (TPSA) is 40.7 Å². The van der Waals surface area contributed by atoms with Crippen molar-refractivity contribution in [1.29, 1.82) is 0 Å². The summed E-state index contributed by atoms with van der Waals surface area (Å²) in [5.74, 6) is 1.47. The SMILES string of the molecule is C=C1CCc2cc(C3CC3)cnc2NC/C1=C(/C)c1ccc(F)c2[nH]ccc12. The van der Waals surface area contributed by atoms with Gasteiger partial charge >= 0.3 is 0 Å². The van der Waals surface area contributed by atoms with Gasteiger partial charge < -0.3 is 10.3 Å². The first-order valence-corrected chi connectivity index (χ1v) is 9.98. The Bertz CT molecular complexity index is 1120. The van der Waals surface area contributed by atoms with E-state index in [1.165, 1.54) is 35.6 Å². The number of fused-ring (bicyclic) bond motifs is 2. The average molecular weight is 373 g/mol. The Morgan fingerprint density at radius 3 is 2.89 bits per heavy atom. The molecule has 0 atom stereocenters. The molecule has 1 aliphatic heterocycles. The number of aromatic amines is 1. The normalized spacial score (nSPS) is 19.0. The summed E-state index contributed by atoms with van der Waals surface area (Å²) in [5, 5.41) is 4.43. The highest BCUT2D eigenvalue weighted by Crippen LogP contribution is 2.41. The number of benzene rings is 1. The van der Waals surface area contributed by atoms with Crippen LogP contribution in [0.25, 0.3) is 16.5 Å². The summed E-state index contributed by atoms with van der Waals surface area (Å²) in [7, 11) is 0. The number of rotatable bonds is 2. The summed E-state index contributed by atoms with van der Waals surface area (Å²) in [4.78, 5) is 7.72. The van der Waals surface area contributed by atoms with Gasteiger partial charge in [-0.25, -0.2) is 9.37 Å². The molecule has 4 heteroatoms. The van der Waals surface area contributed by atoms with E-state index >= 15 is 0 Å². The molecule has 3 aromatic rings. The number of nitrogens with one attached hydrogen (secondary N) is 2. The van der Waals surface area contributed by atoms with Crippen LogP contribution in [-0.2, 0) is 6.42 Å². The standard InChI is InChI=1S/C24H24FN3/c1-14-3-4-17-11-18(16-5-6-16)12-27-24(17)28-13-21(14)15(2)19-7-8-22(25)23-20(19)9-10-26-23/h7-12,16,26H,1,3-6,13H2,2H3,(H,27,28)/b21-15+. The molecule has 5 rings (SSSR count). The third-order valence-electron chi connectivity index (χ3n) is 6.12. The first-order chi connectivity index (χ1) is 13.6. The summed E-state index contributed by atoms with van der Waals surface area (Å²) in [5.41, 5.74) is 7.74. The van der Waals surface area contributed by atoms with Crippen molar-refractivity contribution in [2.75, 3.05) is 11.9 Å². The molecule has 2 N–H and O–H groups in total. The van der Waals surface area contributed by atoms with Crippen LogP contribution < -0.4 is 5.32 Å². The number of aryl methyl sites for hydroxylation is 1. The lowest BCUT2D eigenvalue weighted by atomic mass is 9.90. The average Bonchev–Trinajstić information content (AvgIpc) is 3.42. The summed E-state index contributed by atoms with van der Waals surface area (Å²) in [6.07, 6.45) is 8.25. The largest absolute Gasteiger partial charge is 0.366 e. The fourth-order valence-electron chi connectivity index (χ4n) is 4.26. The van der Waals surface area contributed by atoms with Crippen molar-refractivity contribution in [3.05, 3.63) is 76.9 Å². The fraction of sp³-hybridized carbons (Fsp3) is 0.292. The molecule has 0 unspecified atom stereocenters. The van der Waals surface area contributed by atoms with Crippen LogP contribution in [0, 0.1) is 5.82 Å². The summed E-state index contributed by atoms with van der Waals surface area (Å²) in [6.45, 7) is 7.15. The van der Waals surface area contributed by atoms with Gasteiger partial charge in [-0.1, -0.05) is 18.7 Å². The van der Waals surface area contributed by atoms with Crippen molar-refractivity contribution in [3.8, 4) is 0 Å². The number of aromatic nitrogens is 2. The highest BCUT2D eigenvalue weighted by molar-refractivity contribution is 5.93. The van der Waals surface area contributed by atoms with E-state index in [1.54, 1.807) is 6.20 Å². The Hall–Kier alpha value is -2.88. The molecule has 142 valence electrons. The Morgan fingerprint density at radius 1 is 1.21 bits per heavy atom. The Morgan fingerprint density at radius 2 is 2.07 bits per heavy atom. The maximum absolute atomic E-state index is 14.1. The third-order valence-corrected chi connectivity index (χ3v) is 6.12. The van der Waals surface area contributed by atoms with Crippen molar-refractivity contribution >= 4 is 22.3 Å². The van der Waals surface area contributed by atoms with Crippen molar-refractivity contribution in [2.24, 2.45) is 0 Å². The minimum absolute atomic E-state index is 0.222. The van der Waals surface area contributed by atoms with Crippen LogP contribution in [-0.4, -0.2) is 16.5 Å². The van der Waals surface area contributed by atoms with Crippen LogP contribution >= 0.6 is 0 Å². The number of hydrogen-bond donors (Lipinski definition) is 2. The van der Waals surface area contributed by atoms with Crippen LogP contribution in [0.5, 0.6) is 0 Å². The predicted octanol–water partition coefficient (Wildman–Crippen LogP) is 5.97. The highest BCUT2D eigenvalue weighted by atomic mass is 19.1. The Balaban J connectivity index is 1.52. The molecule has 0 bridgehead atoms. The molecule has 0 spiro atoms. The second-order valence-electron chi connectivity index (χ2n) is 7.97. The molecule has 0 radical (unpaired) electrons. The zero-order valence-corrected chi connectivity index (χ0v) is 16.1. The number of halogens is 1. The lowest BCUT2D eigenvalue weighted by Gasteiger charge is -2.22. The highest BCUT2D eigenvalue weighted by Gasteiger charge is 2.25. The number of H-pyrrole nitrogens is 1. The van der Waals surface area contributed by atoms with Gasteiger partial charge in [-0.3, -0.25) is 0 Å². The van der Waals surface area contributed by atoms with Gasteiger partial charge in [-0.05, 0) is 84.1 Å². The minimum Gasteiger partial charge on any atom is -0.366 e. The molecular weight excluding hydrogens is 349 g/mol. The molecular formula is C24H24FN3. The maximum Gasteiger partial charge on any atom is 0.147 e. The van der Waals surface area contributed by atoms with Gasteiger partial charge in [-0.15, -0.1) is 0 Å². The molecule has 1 saturated carbocycles. The maximum atomic E-state index is 14.1. The Kier molecular flexibility index (Phi) is 4.08. The zero-order valence-electron chi connectivity index (χ0n) is 16.1. The quantitative estimate of drug-likeness (QED) is 0.581. The van der Waals surface area contributed by atoms with Crippen molar-refractivity contribution in [3.63, 3.8) is 0 Å². The Labute approximate surface area is 164 Å². The third kappa shape index (κ3) is 2.93. The number of allylic oxidation sites excluding steroid dienone is 1. The van der Waals surface area contributed by atoms with Crippen LogP contribution in [0.1, 0.15) is 48.8 Å². The van der Waals surface area contributed by atoms with Crippen LogP contribution in [0.15, 0.2) is 54.4 Å². The van der Waals surface area contributed by atoms with E-state index in [9.17, 15) is 4.39 Å². The van der Waals surface area contributed by atoms with Crippen molar-refractivity contribution < 1.29 is 4.39 Å². The molecule has 1 aliphatic carbocycles. The number of anilines is 1. The first kappa shape index (κ1) is 17.2. The smallest absolute Gasteiger partial charge is 0.147 e. The number of hydrogen-bond acceptors (Lipinski definition) is 2. The molecule has 28 heavy (non-hydrogen) atoms. The first-order valence-electron chi connectivity index (χ1n) is 9.98. The van der Waals surface area contributed by atoms with Gasteiger partial charge in [0.2, 0.25) is 0 Å². The summed E-state index contributed by atoms with van der Waals surface area (Å²) >= 11 is 0. The molecule has 3 heterocycles. The van der Waals surface area contributed by atoms with Gasteiger partial charge in [0.1, 0.15) is 11.6 Å². The second-order valence-corrected chi connectivity index (χ2v) is 7.97. The van der Waals surface area contributed by atoms with Crippen LogP contribution in [0.4, 0.5) is 10.2 Å². The summed E-state index contributed by atoms with van der Waals surface area (Å²) < 4.78 is 14.1. The lowest BCUT2D eigenvalue weighted by Crippen LogP contribution is -2.15. The predicted molar refractivity (Wildman–Crippen MR) is 113 cm³/mol. The lowest BCUT2D eigenvalue weighted by molar-refractivity contribution is 0.637. The fourth-order valence-corrected chi connectivity index (χ4v) is 4.26. The van der Waals surface area contributed by atoms with Gasteiger partial charge in [-0.2, -0.15) is 0 Å². The molecule has 0 saturated heterocycles. The van der Waals surface area contributed by atoms with E-state index in [4.69, 9.17) is 4.98 Å². The van der Waals surface area contributed by atoms with Crippen LogP contribution in [0.2, 0.25) is 0 Å².